The van der Waals surface area contributed by atoms with Crippen molar-refractivity contribution in [3.05, 3.63) is 42.2 Å². The van der Waals surface area contributed by atoms with Gasteiger partial charge in [-0.2, -0.15) is 18.3 Å². The van der Waals surface area contributed by atoms with Gasteiger partial charge in [-0.15, -0.1) is 12.4 Å². The molecule has 1 heterocycles. The van der Waals surface area contributed by atoms with Gasteiger partial charge >= 0.3 is 6.18 Å². The molecular formula is C15H18ClF3N4O2. The first-order valence-corrected chi connectivity index (χ1v) is 7.05. The van der Waals surface area contributed by atoms with Gasteiger partial charge in [-0.1, -0.05) is 0 Å². The zero-order valence-corrected chi connectivity index (χ0v) is 14.3. The van der Waals surface area contributed by atoms with Gasteiger partial charge in [0.05, 0.1) is 6.20 Å². The molecule has 0 fully saturated rings. The number of rotatable bonds is 6. The lowest BCUT2D eigenvalue weighted by atomic mass is 10.1. The van der Waals surface area contributed by atoms with Gasteiger partial charge in [0.25, 0.3) is 0 Å². The summed E-state index contributed by atoms with van der Waals surface area (Å²) in [6.07, 6.45) is -1.10. The van der Waals surface area contributed by atoms with Crippen LogP contribution in [0, 0.1) is 0 Å². The number of benzene rings is 1. The predicted molar refractivity (Wildman–Crippen MR) is 88.9 cm³/mol. The van der Waals surface area contributed by atoms with Crippen LogP contribution in [0.4, 0.5) is 18.9 Å². The number of anilines is 1. The number of alkyl halides is 3. The summed E-state index contributed by atoms with van der Waals surface area (Å²) >= 11 is 0. The van der Waals surface area contributed by atoms with Crippen LogP contribution in [-0.2, 0) is 11.8 Å². The Balaban J connectivity index is 0.00000312. The third-order valence-electron chi connectivity index (χ3n) is 3.13. The lowest BCUT2D eigenvalue weighted by molar-refractivity contribution is -0.153. The van der Waals surface area contributed by atoms with Crippen LogP contribution in [0.25, 0.3) is 0 Å². The summed E-state index contributed by atoms with van der Waals surface area (Å²) in [7, 11) is 3.39. The maximum absolute atomic E-state index is 12.3. The molecule has 138 valence electrons. The highest BCUT2D eigenvalue weighted by Gasteiger charge is 2.28. The number of aromatic nitrogens is 2. The van der Waals surface area contributed by atoms with Gasteiger partial charge in [0, 0.05) is 24.5 Å². The van der Waals surface area contributed by atoms with E-state index in [4.69, 9.17) is 0 Å². The first-order valence-electron chi connectivity index (χ1n) is 7.05. The highest BCUT2D eigenvalue weighted by Crippen LogP contribution is 2.21. The van der Waals surface area contributed by atoms with Gasteiger partial charge in [0.1, 0.15) is 11.8 Å². The second-order valence-electron chi connectivity index (χ2n) is 5.09. The first kappa shape index (κ1) is 20.8. The van der Waals surface area contributed by atoms with Gasteiger partial charge in [0.15, 0.2) is 6.61 Å². The number of carbonyl (C=O) groups excluding carboxylic acids is 1. The van der Waals surface area contributed by atoms with Gasteiger partial charge in [-0.05, 0) is 31.3 Å². The molecule has 1 aromatic heterocycles. The smallest absolute Gasteiger partial charge is 0.422 e. The standard InChI is InChI=1S/C15H17F3N4O2.ClH/c1-19-13(10-7-20-22(2)8-10)14(23)21-11-3-5-12(6-4-11)24-9-15(16,17)18;/h3-8,13,19H,9H2,1-2H3,(H,21,23);1H. The SMILES string of the molecule is CNC(C(=O)Nc1ccc(OCC(F)(F)F)cc1)c1cnn(C)c1.Cl. The molecule has 0 spiro atoms. The number of hydrogen-bond acceptors (Lipinski definition) is 4. The van der Waals surface area contributed by atoms with E-state index < -0.39 is 18.8 Å². The summed E-state index contributed by atoms with van der Waals surface area (Å²) in [5, 5.41) is 9.58. The topological polar surface area (TPSA) is 68.2 Å². The van der Waals surface area contributed by atoms with E-state index in [1.807, 2.05) is 0 Å². The number of ether oxygens (including phenoxy) is 1. The predicted octanol–water partition coefficient (Wildman–Crippen LogP) is 2.68. The van der Waals surface area contributed by atoms with Crippen molar-refractivity contribution in [1.82, 2.24) is 15.1 Å². The molecule has 0 aliphatic carbocycles. The van der Waals surface area contributed by atoms with E-state index in [-0.39, 0.29) is 24.1 Å². The zero-order valence-electron chi connectivity index (χ0n) is 13.5. The Hall–Kier alpha value is -2.26. The average Bonchev–Trinajstić information content (AvgIpc) is 2.93. The molecule has 2 aromatic rings. The Morgan fingerprint density at radius 3 is 2.44 bits per heavy atom. The number of nitrogens with one attached hydrogen (secondary N) is 2. The van der Waals surface area contributed by atoms with E-state index in [0.717, 1.165) is 0 Å². The Morgan fingerprint density at radius 1 is 1.32 bits per heavy atom. The fraction of sp³-hybridized carbons (Fsp3) is 0.333. The molecule has 10 heteroatoms. The highest BCUT2D eigenvalue weighted by molar-refractivity contribution is 5.95. The molecule has 0 aliphatic heterocycles. The second-order valence-corrected chi connectivity index (χ2v) is 5.09. The van der Waals surface area contributed by atoms with Crippen molar-refractivity contribution in [3.63, 3.8) is 0 Å². The second kappa shape index (κ2) is 8.72. The number of aryl methyl sites for hydroxylation is 1. The van der Waals surface area contributed by atoms with Crippen molar-refractivity contribution in [2.75, 3.05) is 19.0 Å². The van der Waals surface area contributed by atoms with E-state index in [9.17, 15) is 18.0 Å². The lowest BCUT2D eigenvalue weighted by Crippen LogP contribution is -2.30. The molecule has 1 unspecified atom stereocenters. The average molecular weight is 379 g/mol. The minimum absolute atomic E-state index is 0. The van der Waals surface area contributed by atoms with Crippen LogP contribution in [0.2, 0.25) is 0 Å². The molecule has 0 saturated heterocycles. The Morgan fingerprint density at radius 2 is 1.96 bits per heavy atom. The van der Waals surface area contributed by atoms with Gasteiger partial charge in [-0.25, -0.2) is 0 Å². The van der Waals surface area contributed by atoms with Crippen LogP contribution in [0.1, 0.15) is 11.6 Å². The summed E-state index contributed by atoms with van der Waals surface area (Å²) in [5.74, 6) is -0.239. The van der Waals surface area contributed by atoms with Gasteiger partial charge in [-0.3, -0.25) is 9.48 Å². The van der Waals surface area contributed by atoms with Crippen LogP contribution in [-0.4, -0.2) is 35.5 Å². The molecule has 0 aliphatic rings. The molecule has 1 amide bonds. The van der Waals surface area contributed by atoms with E-state index in [2.05, 4.69) is 20.5 Å². The molecule has 0 bridgehead atoms. The normalized spacial score (nSPS) is 12.2. The van der Waals surface area contributed by atoms with Crippen LogP contribution >= 0.6 is 12.4 Å². The van der Waals surface area contributed by atoms with Crippen molar-refractivity contribution < 1.29 is 22.7 Å². The monoisotopic (exact) mass is 378 g/mol. The Labute approximate surface area is 148 Å². The molecule has 25 heavy (non-hydrogen) atoms. The maximum Gasteiger partial charge on any atom is 0.422 e. The summed E-state index contributed by atoms with van der Waals surface area (Å²) in [4.78, 5) is 12.3. The molecule has 6 nitrogen and oxygen atoms in total. The molecule has 1 atom stereocenters. The van der Waals surface area contributed by atoms with Crippen molar-refractivity contribution in [2.24, 2.45) is 7.05 Å². The van der Waals surface area contributed by atoms with Crippen LogP contribution in [0.5, 0.6) is 5.75 Å². The molecular weight excluding hydrogens is 361 g/mol. The fourth-order valence-electron chi connectivity index (χ4n) is 2.05. The van der Waals surface area contributed by atoms with Crippen molar-refractivity contribution in [2.45, 2.75) is 12.2 Å². The summed E-state index contributed by atoms with van der Waals surface area (Å²) in [6.45, 7) is -1.36. The largest absolute Gasteiger partial charge is 0.484 e. The van der Waals surface area contributed by atoms with E-state index in [1.54, 1.807) is 31.2 Å². The third-order valence-corrected chi connectivity index (χ3v) is 3.13. The zero-order chi connectivity index (χ0) is 17.7. The Bertz CT molecular complexity index is 689. The third kappa shape index (κ3) is 6.28. The van der Waals surface area contributed by atoms with Crippen molar-refractivity contribution in [3.8, 4) is 5.75 Å². The maximum atomic E-state index is 12.3. The minimum atomic E-state index is -4.39. The van der Waals surface area contributed by atoms with Crippen LogP contribution in [0.15, 0.2) is 36.7 Å². The molecule has 0 radical (unpaired) electrons. The minimum Gasteiger partial charge on any atom is -0.484 e. The quantitative estimate of drug-likeness (QED) is 0.811. The number of likely N-dealkylation sites (N-methyl/N-ethyl adjacent to an activating group) is 1. The summed E-state index contributed by atoms with van der Waals surface area (Å²) in [6, 6.07) is 5.07. The molecule has 2 N–H and O–H groups in total. The number of carbonyl (C=O) groups is 1. The number of hydrogen-bond donors (Lipinski definition) is 2. The molecule has 2 rings (SSSR count). The van der Waals surface area contributed by atoms with E-state index >= 15 is 0 Å². The molecule has 1 aromatic carbocycles. The fourth-order valence-corrected chi connectivity index (χ4v) is 2.05. The van der Waals surface area contributed by atoms with Gasteiger partial charge in [0.2, 0.25) is 5.91 Å². The van der Waals surface area contributed by atoms with Gasteiger partial charge < -0.3 is 15.4 Å². The van der Waals surface area contributed by atoms with Crippen molar-refractivity contribution >= 4 is 24.0 Å². The molecule has 0 saturated carbocycles. The van der Waals surface area contributed by atoms with Crippen molar-refractivity contribution in [1.29, 1.82) is 0 Å². The number of amides is 1. The number of halogens is 4. The van der Waals surface area contributed by atoms with E-state index in [1.165, 1.54) is 24.3 Å². The lowest BCUT2D eigenvalue weighted by Gasteiger charge is -2.15. The summed E-state index contributed by atoms with van der Waals surface area (Å²) in [5.41, 5.74) is 1.14. The number of nitrogens with zero attached hydrogens (tertiary/aromatic N) is 2. The Kier molecular flexibility index (Phi) is 7.25. The first-order chi connectivity index (χ1) is 11.3. The van der Waals surface area contributed by atoms with E-state index in [0.29, 0.717) is 11.3 Å². The summed E-state index contributed by atoms with van der Waals surface area (Å²) < 4.78 is 42.5. The van der Waals surface area contributed by atoms with Crippen LogP contribution in [0.3, 0.4) is 0 Å². The highest BCUT2D eigenvalue weighted by atomic mass is 35.5. The van der Waals surface area contributed by atoms with Crippen LogP contribution < -0.4 is 15.4 Å².